The first-order chi connectivity index (χ1) is 11.1. The molecule has 0 aliphatic carbocycles. The van der Waals surface area contributed by atoms with Crippen molar-refractivity contribution in [3.05, 3.63) is 69.9 Å². The molecule has 0 unspecified atom stereocenters. The van der Waals surface area contributed by atoms with Crippen molar-refractivity contribution < 1.29 is 9.53 Å². The fourth-order valence-electron chi connectivity index (χ4n) is 2.16. The van der Waals surface area contributed by atoms with E-state index in [1.807, 2.05) is 30.3 Å². The molecular weight excluding hydrogens is 353 g/mol. The van der Waals surface area contributed by atoms with Crippen LogP contribution < -0.4 is 5.32 Å². The maximum Gasteiger partial charge on any atom is 0.291 e. The van der Waals surface area contributed by atoms with Crippen LogP contribution in [0.1, 0.15) is 5.56 Å². The van der Waals surface area contributed by atoms with E-state index in [-0.39, 0.29) is 5.91 Å². The van der Waals surface area contributed by atoms with Crippen LogP contribution in [0.3, 0.4) is 0 Å². The van der Waals surface area contributed by atoms with Crippen LogP contribution in [0, 0.1) is 0 Å². The van der Waals surface area contributed by atoms with Crippen molar-refractivity contribution >= 4 is 51.5 Å². The van der Waals surface area contributed by atoms with Crippen LogP contribution in [-0.2, 0) is 9.53 Å². The molecule has 23 heavy (non-hydrogen) atoms. The molecule has 0 spiro atoms. The van der Waals surface area contributed by atoms with Gasteiger partial charge < -0.3 is 10.1 Å². The van der Waals surface area contributed by atoms with Gasteiger partial charge in [-0.25, -0.2) is 0 Å². The summed E-state index contributed by atoms with van der Waals surface area (Å²) in [5.41, 5.74) is 1.46. The molecule has 0 saturated carbocycles. The van der Waals surface area contributed by atoms with E-state index in [0.29, 0.717) is 28.1 Å². The summed E-state index contributed by atoms with van der Waals surface area (Å²) in [5.74, 6) is 0.807. The first-order valence-electron chi connectivity index (χ1n) is 6.97. The summed E-state index contributed by atoms with van der Waals surface area (Å²) in [6.07, 6.45) is 0. The average molecular weight is 366 g/mol. The van der Waals surface area contributed by atoms with Crippen LogP contribution in [0.2, 0.25) is 10.0 Å². The summed E-state index contributed by atoms with van der Waals surface area (Å²) in [5, 5.41) is 3.68. The molecule has 1 amide bonds. The second-order valence-corrected chi connectivity index (χ2v) is 6.75. The third kappa shape index (κ3) is 3.83. The topological polar surface area (TPSA) is 38.3 Å². The Morgan fingerprint density at radius 2 is 1.91 bits per heavy atom. The van der Waals surface area contributed by atoms with Crippen molar-refractivity contribution in [1.82, 2.24) is 0 Å². The van der Waals surface area contributed by atoms with Gasteiger partial charge in [0.05, 0.1) is 22.2 Å². The third-order valence-electron chi connectivity index (χ3n) is 3.20. The van der Waals surface area contributed by atoms with Gasteiger partial charge in [0, 0.05) is 10.8 Å². The molecule has 0 fully saturated rings. The molecule has 2 aromatic rings. The number of thioether (sulfide) groups is 1. The van der Waals surface area contributed by atoms with Crippen molar-refractivity contribution in [2.24, 2.45) is 0 Å². The van der Waals surface area contributed by atoms with E-state index in [4.69, 9.17) is 27.9 Å². The number of hydrogen-bond acceptors (Lipinski definition) is 3. The van der Waals surface area contributed by atoms with Gasteiger partial charge in [-0.15, -0.1) is 11.8 Å². The second kappa shape index (κ2) is 7.30. The minimum atomic E-state index is -0.319. The largest absolute Gasteiger partial charge is 0.486 e. The van der Waals surface area contributed by atoms with Crippen LogP contribution in [0.25, 0.3) is 4.91 Å². The smallest absolute Gasteiger partial charge is 0.291 e. The molecule has 0 atom stereocenters. The minimum Gasteiger partial charge on any atom is -0.486 e. The quantitative estimate of drug-likeness (QED) is 0.825. The standard InChI is InChI=1S/C17H13Cl2NO2S/c18-12-6-7-14(13(19)10-12)20-17(21)15-16(23-9-8-22-15)11-4-2-1-3-5-11/h1-7,10H,8-9H2,(H,20,21). The molecule has 1 N–H and O–H groups in total. The highest BCUT2D eigenvalue weighted by atomic mass is 35.5. The summed E-state index contributed by atoms with van der Waals surface area (Å²) < 4.78 is 5.62. The lowest BCUT2D eigenvalue weighted by Crippen LogP contribution is -2.21. The van der Waals surface area contributed by atoms with Crippen LogP contribution in [0.15, 0.2) is 54.3 Å². The normalized spacial score (nSPS) is 14.3. The van der Waals surface area contributed by atoms with Crippen LogP contribution in [0.4, 0.5) is 5.69 Å². The first kappa shape index (κ1) is 16.2. The Morgan fingerprint density at radius 1 is 1.13 bits per heavy atom. The van der Waals surface area contributed by atoms with Gasteiger partial charge in [-0.2, -0.15) is 0 Å². The summed E-state index contributed by atoms with van der Waals surface area (Å²) >= 11 is 13.6. The fraction of sp³-hybridized carbons (Fsp3) is 0.118. The van der Waals surface area contributed by atoms with Crippen LogP contribution >= 0.6 is 35.0 Å². The van der Waals surface area contributed by atoms with Gasteiger partial charge in [-0.05, 0) is 23.8 Å². The van der Waals surface area contributed by atoms with Crippen molar-refractivity contribution in [3.63, 3.8) is 0 Å². The number of amides is 1. The lowest BCUT2D eigenvalue weighted by Gasteiger charge is -2.20. The number of rotatable bonds is 3. The molecule has 2 aromatic carbocycles. The van der Waals surface area contributed by atoms with E-state index >= 15 is 0 Å². The maximum absolute atomic E-state index is 12.6. The van der Waals surface area contributed by atoms with Gasteiger partial charge in [0.1, 0.15) is 0 Å². The Bertz CT molecular complexity index is 762. The molecule has 6 heteroatoms. The van der Waals surface area contributed by atoms with E-state index in [0.717, 1.165) is 16.2 Å². The van der Waals surface area contributed by atoms with E-state index in [1.165, 1.54) is 0 Å². The lowest BCUT2D eigenvalue weighted by atomic mass is 10.2. The van der Waals surface area contributed by atoms with Gasteiger partial charge in [-0.3, -0.25) is 4.79 Å². The highest BCUT2D eigenvalue weighted by Crippen LogP contribution is 2.35. The van der Waals surface area contributed by atoms with Crippen molar-refractivity contribution in [3.8, 4) is 0 Å². The molecule has 1 heterocycles. The van der Waals surface area contributed by atoms with Gasteiger partial charge in [0.2, 0.25) is 0 Å². The van der Waals surface area contributed by atoms with Gasteiger partial charge >= 0.3 is 0 Å². The molecule has 1 aliphatic rings. The summed E-state index contributed by atoms with van der Waals surface area (Å²) in [7, 11) is 0. The molecule has 0 radical (unpaired) electrons. The predicted octanol–water partition coefficient (Wildman–Crippen LogP) is 5.06. The summed E-state index contributed by atoms with van der Waals surface area (Å²) in [4.78, 5) is 13.4. The number of carbonyl (C=O) groups excluding carboxylic acids is 1. The number of anilines is 1. The fourth-order valence-corrected chi connectivity index (χ4v) is 3.57. The summed E-state index contributed by atoms with van der Waals surface area (Å²) in [6.45, 7) is 0.498. The maximum atomic E-state index is 12.6. The number of halogens is 2. The number of carbonyl (C=O) groups is 1. The van der Waals surface area contributed by atoms with Crippen molar-refractivity contribution in [1.29, 1.82) is 0 Å². The van der Waals surface area contributed by atoms with Crippen LogP contribution in [0.5, 0.6) is 0 Å². The number of nitrogens with one attached hydrogen (secondary N) is 1. The van der Waals surface area contributed by atoms with Crippen molar-refractivity contribution in [2.75, 3.05) is 17.7 Å². The van der Waals surface area contributed by atoms with Gasteiger partial charge in [-0.1, -0.05) is 53.5 Å². The zero-order valence-electron chi connectivity index (χ0n) is 12.0. The van der Waals surface area contributed by atoms with Crippen molar-refractivity contribution in [2.45, 2.75) is 0 Å². The highest BCUT2D eigenvalue weighted by Gasteiger charge is 2.23. The molecule has 0 saturated heterocycles. The number of ether oxygens (including phenoxy) is 1. The molecule has 0 bridgehead atoms. The molecular formula is C17H13Cl2NO2S. The molecule has 3 nitrogen and oxygen atoms in total. The highest BCUT2D eigenvalue weighted by molar-refractivity contribution is 8.08. The molecule has 118 valence electrons. The Kier molecular flexibility index (Phi) is 5.16. The molecule has 3 rings (SSSR count). The zero-order valence-corrected chi connectivity index (χ0v) is 14.3. The third-order valence-corrected chi connectivity index (χ3v) is 4.83. The molecule has 0 aromatic heterocycles. The van der Waals surface area contributed by atoms with E-state index in [2.05, 4.69) is 5.32 Å². The van der Waals surface area contributed by atoms with Gasteiger partial charge in [0.25, 0.3) is 5.91 Å². The lowest BCUT2D eigenvalue weighted by molar-refractivity contribution is -0.115. The zero-order chi connectivity index (χ0) is 16.2. The SMILES string of the molecule is O=C(Nc1ccc(Cl)cc1Cl)C1=C(c2ccccc2)SCCO1. The number of hydrogen-bond donors (Lipinski definition) is 1. The van der Waals surface area contributed by atoms with Gasteiger partial charge in [0.15, 0.2) is 5.76 Å². The number of benzene rings is 2. The first-order valence-corrected chi connectivity index (χ1v) is 8.71. The Balaban J connectivity index is 1.91. The Hall–Kier alpha value is -1.62. The van der Waals surface area contributed by atoms with E-state index in [9.17, 15) is 4.79 Å². The second-order valence-electron chi connectivity index (χ2n) is 4.80. The average Bonchev–Trinajstić information content (AvgIpc) is 2.58. The predicted molar refractivity (Wildman–Crippen MR) is 96.9 cm³/mol. The van der Waals surface area contributed by atoms with Crippen LogP contribution in [-0.4, -0.2) is 18.3 Å². The summed E-state index contributed by atoms with van der Waals surface area (Å²) in [6, 6.07) is 14.6. The minimum absolute atomic E-state index is 0.318. The molecule has 1 aliphatic heterocycles. The monoisotopic (exact) mass is 365 g/mol. The van der Waals surface area contributed by atoms with E-state index in [1.54, 1.807) is 30.0 Å². The Morgan fingerprint density at radius 3 is 2.65 bits per heavy atom. The Labute approximate surface area is 148 Å². The van der Waals surface area contributed by atoms with E-state index < -0.39 is 0 Å².